The normalized spacial score (nSPS) is 11.7. The predicted molar refractivity (Wildman–Crippen MR) is 191 cm³/mol. The number of hydrogen-bond donors (Lipinski definition) is 2. The lowest BCUT2D eigenvalue weighted by Gasteiger charge is -2.31. The highest BCUT2D eigenvalue weighted by Crippen LogP contribution is 2.67. The van der Waals surface area contributed by atoms with E-state index in [2.05, 4.69) is 47.0 Å². The van der Waals surface area contributed by atoms with Crippen LogP contribution >= 0.6 is 7.26 Å². The summed E-state index contributed by atoms with van der Waals surface area (Å²) in [6, 6.07) is 59.8. The SMILES string of the molecule is O=C(NCc1ccccc1)/C(NC(=O)c1ccccc1)=C(\c1ccccc1)[P+](c1ccccc1)(c1ccccc1)c1ccccc1.[O-][Cl+3]([O-])([O-])[O-]. The number of benzene rings is 6. The molecule has 0 spiro atoms. The van der Waals surface area contributed by atoms with Crippen LogP contribution in [-0.4, -0.2) is 11.8 Å². The Morgan fingerprint density at radius 3 is 1.22 bits per heavy atom. The summed E-state index contributed by atoms with van der Waals surface area (Å²) in [7, 11) is -7.78. The van der Waals surface area contributed by atoms with Gasteiger partial charge < -0.3 is 10.6 Å². The number of amides is 2. The van der Waals surface area contributed by atoms with Gasteiger partial charge in [0.25, 0.3) is 11.8 Å². The molecule has 8 nitrogen and oxygen atoms in total. The van der Waals surface area contributed by atoms with E-state index in [1.54, 1.807) is 12.1 Å². The molecular weight excluding hydrogens is 683 g/mol. The third-order valence-electron chi connectivity index (χ3n) is 7.85. The lowest BCUT2D eigenvalue weighted by Crippen LogP contribution is -2.68. The summed E-state index contributed by atoms with van der Waals surface area (Å²) in [5, 5.41) is 10.2. The molecule has 0 aliphatic rings. The second-order valence-electron chi connectivity index (χ2n) is 11.1. The van der Waals surface area contributed by atoms with Crippen molar-refractivity contribution in [2.75, 3.05) is 0 Å². The van der Waals surface area contributed by atoms with Gasteiger partial charge in [0.2, 0.25) is 0 Å². The number of rotatable bonds is 10. The van der Waals surface area contributed by atoms with Crippen LogP contribution in [0.4, 0.5) is 0 Å². The van der Waals surface area contributed by atoms with E-state index < -0.39 is 17.5 Å². The fourth-order valence-corrected chi connectivity index (χ4v) is 10.3. The van der Waals surface area contributed by atoms with Crippen LogP contribution in [0.25, 0.3) is 5.31 Å². The molecule has 0 atom stereocenters. The van der Waals surface area contributed by atoms with Gasteiger partial charge in [0, 0.05) is 17.7 Å². The van der Waals surface area contributed by atoms with E-state index in [9.17, 15) is 9.59 Å². The molecule has 0 fully saturated rings. The van der Waals surface area contributed by atoms with Crippen LogP contribution in [0.5, 0.6) is 0 Å². The Morgan fingerprint density at radius 1 is 0.490 bits per heavy atom. The van der Waals surface area contributed by atoms with E-state index in [-0.39, 0.29) is 17.5 Å². The highest BCUT2D eigenvalue weighted by molar-refractivity contribution is 8.03. The van der Waals surface area contributed by atoms with E-state index in [1.807, 2.05) is 133 Å². The number of halogens is 1. The first-order valence-electron chi connectivity index (χ1n) is 15.8. The Morgan fingerprint density at radius 2 is 0.824 bits per heavy atom. The molecule has 6 rings (SSSR count). The molecule has 0 bridgehead atoms. The number of nitrogens with one attached hydrogen (secondary N) is 2. The van der Waals surface area contributed by atoms with Gasteiger partial charge >= 0.3 is 0 Å². The Bertz CT molecular complexity index is 1930. The molecule has 10 heteroatoms. The van der Waals surface area contributed by atoms with Crippen molar-refractivity contribution in [2.45, 2.75) is 6.54 Å². The minimum absolute atomic E-state index is 0.223. The van der Waals surface area contributed by atoms with Crippen molar-refractivity contribution in [1.29, 1.82) is 0 Å². The van der Waals surface area contributed by atoms with Gasteiger partial charge in [-0.3, -0.25) is 9.59 Å². The summed E-state index contributed by atoms with van der Waals surface area (Å²) >= 11 is 0. The lowest BCUT2D eigenvalue weighted by atomic mass is 10.1. The van der Waals surface area contributed by atoms with Crippen LogP contribution in [-0.2, 0) is 11.3 Å². The standard InChI is InChI=1S/C41H33N2O2P.ClHO4/c44-40(34-23-11-3-12-24-34)43-38(41(45)42-31-32-19-7-1-8-20-32)39(33-21-9-2-10-22-33)46(35-25-13-4-14-26-35,36-27-15-5-16-28-36)37-29-17-6-18-30-37;2-1(3,4)5/h1-30H,31H2,(H-,42,43,44,45);(H,2,3,4,5)/b39-38-;. The highest BCUT2D eigenvalue weighted by Gasteiger charge is 2.52. The lowest BCUT2D eigenvalue weighted by molar-refractivity contribution is -2.00. The highest BCUT2D eigenvalue weighted by atomic mass is 35.7. The van der Waals surface area contributed by atoms with Gasteiger partial charge in [0.1, 0.15) is 28.5 Å². The fraction of sp³-hybridized carbons (Fsp3) is 0.0244. The van der Waals surface area contributed by atoms with Crippen LogP contribution in [0.3, 0.4) is 0 Å². The molecule has 0 radical (unpaired) electrons. The third-order valence-corrected chi connectivity index (χ3v) is 12.2. The minimum atomic E-state index is -4.94. The second-order valence-corrected chi connectivity index (χ2v) is 15.2. The Hall–Kier alpha value is -5.44. The molecule has 0 heterocycles. The number of carbonyl (C=O) groups is 2. The zero-order valence-electron chi connectivity index (χ0n) is 27.3. The summed E-state index contributed by atoms with van der Waals surface area (Å²) in [6.07, 6.45) is 0. The monoisotopic (exact) mass is 716 g/mol. The molecule has 0 aliphatic carbocycles. The van der Waals surface area contributed by atoms with Crippen LogP contribution in [0.1, 0.15) is 21.5 Å². The topological polar surface area (TPSA) is 150 Å². The number of hydrogen-bond acceptors (Lipinski definition) is 6. The summed E-state index contributed by atoms with van der Waals surface area (Å²) in [5.74, 6) is -0.717. The molecule has 0 saturated heterocycles. The fourth-order valence-electron chi connectivity index (χ4n) is 5.76. The average Bonchev–Trinajstić information content (AvgIpc) is 3.17. The smallest absolute Gasteiger partial charge is 0.272 e. The Balaban J connectivity index is 0.000000943. The van der Waals surface area contributed by atoms with Crippen molar-refractivity contribution in [1.82, 2.24) is 10.6 Å². The molecule has 0 aromatic heterocycles. The molecule has 6 aromatic rings. The van der Waals surface area contributed by atoms with Gasteiger partial charge in [0.05, 0.1) is 0 Å². The first-order valence-corrected chi connectivity index (χ1v) is 18.9. The van der Waals surface area contributed by atoms with Gasteiger partial charge in [-0.05, 0) is 54.1 Å². The van der Waals surface area contributed by atoms with Gasteiger partial charge in [-0.2, -0.15) is 0 Å². The molecule has 0 unspecified atom stereocenters. The summed E-state index contributed by atoms with van der Waals surface area (Å²) < 4.78 is 34.0. The number of carbonyl (C=O) groups excluding carboxylic acids is 2. The summed E-state index contributed by atoms with van der Waals surface area (Å²) in [5.41, 5.74) is 2.50. The largest absolute Gasteiger partial charge is 0.347 e. The zero-order chi connectivity index (χ0) is 36.1. The summed E-state index contributed by atoms with van der Waals surface area (Å²) in [6.45, 7) is 0.305. The molecular formula is C41H34ClN2O6P. The van der Waals surface area contributed by atoms with Crippen molar-refractivity contribution in [3.8, 4) is 0 Å². The van der Waals surface area contributed by atoms with Crippen LogP contribution in [0.15, 0.2) is 188 Å². The van der Waals surface area contributed by atoms with Gasteiger partial charge in [0.15, 0.2) is 5.70 Å². The van der Waals surface area contributed by atoms with Crippen LogP contribution in [0, 0.1) is 10.2 Å². The third kappa shape index (κ3) is 9.63. The van der Waals surface area contributed by atoms with Gasteiger partial charge in [-0.15, -0.1) is 10.2 Å². The zero-order valence-corrected chi connectivity index (χ0v) is 29.0. The maximum atomic E-state index is 14.7. The van der Waals surface area contributed by atoms with Crippen molar-refractivity contribution in [2.24, 2.45) is 0 Å². The maximum Gasteiger partial charge on any atom is 0.272 e. The van der Waals surface area contributed by atoms with E-state index in [4.69, 9.17) is 18.6 Å². The van der Waals surface area contributed by atoms with E-state index in [1.165, 1.54) is 0 Å². The summed E-state index contributed by atoms with van der Waals surface area (Å²) in [4.78, 5) is 28.7. The van der Waals surface area contributed by atoms with Crippen molar-refractivity contribution in [3.05, 3.63) is 204 Å². The molecule has 51 heavy (non-hydrogen) atoms. The maximum absolute atomic E-state index is 14.7. The predicted octanol–water partition coefficient (Wildman–Crippen LogP) is 2.34. The van der Waals surface area contributed by atoms with Crippen molar-refractivity contribution >= 4 is 40.3 Å². The Kier molecular flexibility index (Phi) is 12.6. The average molecular weight is 717 g/mol. The van der Waals surface area contributed by atoms with Crippen molar-refractivity contribution < 1.29 is 38.5 Å². The van der Waals surface area contributed by atoms with Gasteiger partial charge in [-0.1, -0.05) is 133 Å². The van der Waals surface area contributed by atoms with E-state index in [0.29, 0.717) is 12.1 Å². The van der Waals surface area contributed by atoms with Crippen LogP contribution in [0.2, 0.25) is 0 Å². The second kappa shape index (κ2) is 17.5. The van der Waals surface area contributed by atoms with E-state index in [0.717, 1.165) is 32.4 Å². The molecule has 2 N–H and O–H groups in total. The Labute approximate surface area is 299 Å². The molecule has 256 valence electrons. The molecule has 0 saturated carbocycles. The molecule has 0 aliphatic heterocycles. The van der Waals surface area contributed by atoms with Crippen molar-refractivity contribution in [3.63, 3.8) is 0 Å². The quantitative estimate of drug-likeness (QED) is 0.164. The minimum Gasteiger partial charge on any atom is -0.347 e. The molecule has 2 amide bonds. The van der Waals surface area contributed by atoms with E-state index >= 15 is 0 Å². The van der Waals surface area contributed by atoms with Crippen LogP contribution < -0.4 is 45.2 Å². The van der Waals surface area contributed by atoms with Gasteiger partial charge in [-0.25, -0.2) is 18.6 Å². The first kappa shape index (κ1) is 36.8. The first-order chi connectivity index (χ1) is 24.7. The molecule has 6 aromatic carbocycles.